The molecule has 0 saturated carbocycles. The number of rotatable bonds is 4. The van der Waals surface area contributed by atoms with Crippen LogP contribution in [0.4, 0.5) is 11.6 Å². The minimum atomic E-state index is -0.0652. The van der Waals surface area contributed by atoms with Crippen LogP contribution >= 0.6 is 11.6 Å². The van der Waals surface area contributed by atoms with Crippen LogP contribution in [0.5, 0.6) is 0 Å². The van der Waals surface area contributed by atoms with Gasteiger partial charge in [-0.25, -0.2) is 4.98 Å². The Bertz CT molecular complexity index is 860. The van der Waals surface area contributed by atoms with E-state index in [4.69, 9.17) is 18.2 Å². The van der Waals surface area contributed by atoms with Crippen molar-refractivity contribution in [1.29, 1.82) is 0 Å². The number of halogens is 1. The summed E-state index contributed by atoms with van der Waals surface area (Å²) in [5.74, 6) is 1.11. The van der Waals surface area contributed by atoms with Gasteiger partial charge in [0.1, 0.15) is 0 Å². The van der Waals surface area contributed by atoms with Crippen molar-refractivity contribution in [1.82, 2.24) is 15.3 Å². The first-order chi connectivity index (χ1) is 13.0. The lowest BCUT2D eigenvalue weighted by Gasteiger charge is -2.33. The number of benzene rings is 1. The Hall–Kier alpha value is -2.65. The quantitative estimate of drug-likeness (QED) is 0.803. The van der Waals surface area contributed by atoms with Crippen LogP contribution in [-0.4, -0.2) is 35.0 Å². The van der Waals surface area contributed by atoms with Crippen molar-refractivity contribution in [3.63, 3.8) is 0 Å². The maximum absolute atomic E-state index is 12.6. The molecular formula is C20H22ClN5O. The van der Waals surface area contributed by atoms with Crippen LogP contribution < -0.4 is 10.2 Å². The normalized spacial score (nSPS) is 16.9. The molecule has 27 heavy (non-hydrogen) atoms. The van der Waals surface area contributed by atoms with E-state index in [2.05, 4.69) is 34.0 Å². The molecule has 1 amide bonds. The van der Waals surface area contributed by atoms with E-state index in [9.17, 15) is 4.79 Å². The number of carbonyl (C=O) groups excluding carboxylic acids is 1. The molecule has 0 unspecified atom stereocenters. The van der Waals surface area contributed by atoms with E-state index in [1.54, 1.807) is 6.20 Å². The molecule has 1 aromatic carbocycles. The minimum absolute atomic E-state index is 0.0251. The molecule has 0 spiro atoms. The molecule has 6 nitrogen and oxygen atoms in total. The monoisotopic (exact) mass is 383 g/mol. The van der Waals surface area contributed by atoms with Crippen LogP contribution in [0.1, 0.15) is 48.5 Å². The van der Waals surface area contributed by atoms with E-state index >= 15 is 0 Å². The predicted molar refractivity (Wildman–Crippen MR) is 107 cm³/mol. The van der Waals surface area contributed by atoms with Gasteiger partial charge in [-0.3, -0.25) is 4.79 Å². The molecule has 7 heteroatoms. The second-order valence-corrected chi connectivity index (χ2v) is 7.35. The van der Waals surface area contributed by atoms with Gasteiger partial charge in [-0.15, -0.1) is 4.98 Å². The number of hydrogen-bond acceptors (Lipinski definition) is 4. The third-order valence-corrected chi connectivity index (χ3v) is 4.98. The predicted octanol–water partition coefficient (Wildman–Crippen LogP) is 4.20. The summed E-state index contributed by atoms with van der Waals surface area (Å²) in [7, 11) is 0. The highest BCUT2D eigenvalue weighted by atomic mass is 35.5. The Balaban J connectivity index is 1.65. The topological polar surface area (TPSA) is 62.5 Å². The number of nitrogens with zero attached hydrogens (tertiary/aromatic N) is 4. The number of piperidine rings is 1. The summed E-state index contributed by atoms with van der Waals surface area (Å²) in [6, 6.07) is 7.78. The first-order valence-electron chi connectivity index (χ1n) is 9.03. The molecule has 1 aliphatic heterocycles. The van der Waals surface area contributed by atoms with E-state index in [0.717, 1.165) is 19.4 Å². The van der Waals surface area contributed by atoms with Crippen molar-refractivity contribution in [2.45, 2.75) is 38.6 Å². The fourth-order valence-electron chi connectivity index (χ4n) is 3.17. The van der Waals surface area contributed by atoms with E-state index < -0.39 is 0 Å². The molecule has 1 aliphatic rings. The summed E-state index contributed by atoms with van der Waals surface area (Å²) >= 11 is 6.00. The minimum Gasteiger partial charge on any atom is -0.358 e. The molecule has 2 heterocycles. The smallest absolute Gasteiger partial charge is 0.307 e. The van der Waals surface area contributed by atoms with E-state index in [1.807, 2.05) is 29.2 Å². The first kappa shape index (κ1) is 19.1. The molecule has 3 rings (SSSR count). The highest BCUT2D eigenvalue weighted by Crippen LogP contribution is 2.25. The van der Waals surface area contributed by atoms with Gasteiger partial charge in [-0.1, -0.05) is 44.2 Å². The first-order valence-corrected chi connectivity index (χ1v) is 9.41. The number of nitrogens with one attached hydrogen (secondary N) is 1. The van der Waals surface area contributed by atoms with Crippen LogP contribution in [0.2, 0.25) is 5.15 Å². The molecule has 2 aromatic rings. The van der Waals surface area contributed by atoms with Gasteiger partial charge in [0.15, 0.2) is 17.2 Å². The maximum atomic E-state index is 12.6. The van der Waals surface area contributed by atoms with Gasteiger partial charge in [0.05, 0.1) is 0 Å². The fraction of sp³-hybridized carbons (Fsp3) is 0.400. The van der Waals surface area contributed by atoms with Gasteiger partial charge in [-0.05, 0) is 36.5 Å². The SMILES string of the molecule is [C-]#[N+]c1ncc(N2CCC[C@@H](NC(=O)c3ccc(C(C)C)cc3)C2)nc1Cl. The molecule has 1 N–H and O–H groups in total. The van der Waals surface area contributed by atoms with Gasteiger partial charge in [0.25, 0.3) is 5.91 Å². The standard InChI is InChI=1S/C20H22ClN5O/c1-13(2)14-6-8-15(9-7-14)20(27)24-16-5-4-10-26(12-16)17-11-23-19(22-3)18(21)25-17/h6-9,11,13,16H,4-5,10,12H2,1-2H3,(H,24,27)/t16-/m1/s1. The molecular weight excluding hydrogens is 362 g/mol. The highest BCUT2D eigenvalue weighted by Gasteiger charge is 2.24. The Morgan fingerprint density at radius 2 is 2.11 bits per heavy atom. The molecule has 0 aliphatic carbocycles. The second kappa shape index (κ2) is 8.36. The van der Waals surface area contributed by atoms with Crippen LogP contribution in [0.15, 0.2) is 30.5 Å². The van der Waals surface area contributed by atoms with Crippen molar-refractivity contribution in [2.75, 3.05) is 18.0 Å². The number of carbonyl (C=O) groups is 1. The van der Waals surface area contributed by atoms with Crippen LogP contribution in [0.3, 0.4) is 0 Å². The average Bonchev–Trinajstić information content (AvgIpc) is 2.68. The zero-order valence-corrected chi connectivity index (χ0v) is 16.2. The number of amides is 1. The van der Waals surface area contributed by atoms with Gasteiger partial charge in [0, 0.05) is 24.7 Å². The van der Waals surface area contributed by atoms with Crippen molar-refractivity contribution in [3.8, 4) is 0 Å². The van der Waals surface area contributed by atoms with Crippen molar-refractivity contribution >= 4 is 29.1 Å². The number of anilines is 1. The Kier molecular flexibility index (Phi) is 5.92. The summed E-state index contributed by atoms with van der Waals surface area (Å²) < 4.78 is 0. The fourth-order valence-corrected chi connectivity index (χ4v) is 3.35. The van der Waals surface area contributed by atoms with Gasteiger partial charge >= 0.3 is 5.82 Å². The van der Waals surface area contributed by atoms with Crippen LogP contribution in [0, 0.1) is 6.57 Å². The Labute approximate surface area is 164 Å². The van der Waals surface area contributed by atoms with E-state index in [1.165, 1.54) is 5.56 Å². The molecule has 0 bridgehead atoms. The molecule has 1 aromatic heterocycles. The lowest BCUT2D eigenvalue weighted by Crippen LogP contribution is -2.48. The summed E-state index contributed by atoms with van der Waals surface area (Å²) in [6.07, 6.45) is 3.41. The summed E-state index contributed by atoms with van der Waals surface area (Å²) in [6.45, 7) is 12.7. The number of aromatic nitrogens is 2. The largest absolute Gasteiger partial charge is 0.358 e. The van der Waals surface area contributed by atoms with Gasteiger partial charge < -0.3 is 15.1 Å². The summed E-state index contributed by atoms with van der Waals surface area (Å²) in [5, 5.41) is 3.22. The lowest BCUT2D eigenvalue weighted by molar-refractivity contribution is 0.0933. The zero-order valence-electron chi connectivity index (χ0n) is 15.4. The summed E-state index contributed by atoms with van der Waals surface area (Å²) in [5.41, 5.74) is 1.88. The number of hydrogen-bond donors (Lipinski definition) is 1. The van der Waals surface area contributed by atoms with Gasteiger partial charge in [0.2, 0.25) is 0 Å². The Morgan fingerprint density at radius 3 is 2.74 bits per heavy atom. The zero-order chi connectivity index (χ0) is 19.4. The van der Waals surface area contributed by atoms with Crippen molar-refractivity contribution in [2.24, 2.45) is 0 Å². The third-order valence-electron chi connectivity index (χ3n) is 4.73. The second-order valence-electron chi connectivity index (χ2n) is 6.99. The Morgan fingerprint density at radius 1 is 1.37 bits per heavy atom. The lowest BCUT2D eigenvalue weighted by atomic mass is 10.0. The van der Waals surface area contributed by atoms with Crippen molar-refractivity contribution < 1.29 is 4.79 Å². The molecule has 0 radical (unpaired) electrons. The maximum Gasteiger partial charge on any atom is 0.307 e. The average molecular weight is 384 g/mol. The molecule has 1 atom stereocenters. The van der Waals surface area contributed by atoms with Crippen LogP contribution in [-0.2, 0) is 0 Å². The molecule has 140 valence electrons. The van der Waals surface area contributed by atoms with Crippen LogP contribution in [0.25, 0.3) is 4.85 Å². The van der Waals surface area contributed by atoms with E-state index in [-0.39, 0.29) is 22.9 Å². The molecule has 1 saturated heterocycles. The highest BCUT2D eigenvalue weighted by molar-refractivity contribution is 6.31. The molecule has 1 fully saturated rings. The van der Waals surface area contributed by atoms with Crippen molar-refractivity contribution in [3.05, 3.63) is 58.2 Å². The third kappa shape index (κ3) is 4.55. The summed E-state index contributed by atoms with van der Waals surface area (Å²) in [4.78, 5) is 26.2. The van der Waals surface area contributed by atoms with E-state index in [0.29, 0.717) is 23.8 Å². The van der Waals surface area contributed by atoms with Gasteiger partial charge in [-0.2, -0.15) is 0 Å².